The van der Waals surface area contributed by atoms with E-state index in [2.05, 4.69) is 59.4 Å². The SMILES string of the molecule is CC[NH2+]C/C=C\C[NH2+]CCCC[NH2+]C/C=C\C[NH2+]CC.[Cl-].[Cl-].[Cl-].[Cl-]. The molecule has 0 atom stereocenters. The lowest BCUT2D eigenvalue weighted by molar-refractivity contribution is -0.656. The molecular weight excluding hydrogens is 390 g/mol. The second-order valence-corrected chi connectivity index (χ2v) is 5.14. The van der Waals surface area contributed by atoms with Gasteiger partial charge < -0.3 is 70.9 Å². The number of quaternary nitrogens is 4. The minimum atomic E-state index is 0. The van der Waals surface area contributed by atoms with Crippen LogP contribution in [-0.2, 0) is 0 Å². The lowest BCUT2D eigenvalue weighted by Crippen LogP contribution is -3.00. The van der Waals surface area contributed by atoms with E-state index in [9.17, 15) is 0 Å². The Labute approximate surface area is 174 Å². The monoisotopic (exact) mass is 426 g/mol. The Bertz CT molecular complexity index is 218. The first kappa shape index (κ1) is 35.6. The zero-order valence-electron chi connectivity index (χ0n) is 15.2. The van der Waals surface area contributed by atoms with Crippen LogP contribution in [0.15, 0.2) is 24.3 Å². The van der Waals surface area contributed by atoms with E-state index in [-0.39, 0.29) is 49.6 Å². The van der Waals surface area contributed by atoms with Crippen LogP contribution in [0.25, 0.3) is 0 Å². The minimum Gasteiger partial charge on any atom is -1.00 e. The van der Waals surface area contributed by atoms with Crippen molar-refractivity contribution in [3.05, 3.63) is 24.3 Å². The second kappa shape index (κ2) is 34.7. The van der Waals surface area contributed by atoms with Crippen molar-refractivity contribution in [1.82, 2.24) is 0 Å². The van der Waals surface area contributed by atoms with Crippen LogP contribution < -0.4 is 70.9 Å². The fourth-order valence-electron chi connectivity index (χ4n) is 1.92. The molecule has 0 amide bonds. The summed E-state index contributed by atoms with van der Waals surface area (Å²) in [5, 5.41) is 9.42. The number of nitrogens with two attached hydrogens (primary N) is 4. The van der Waals surface area contributed by atoms with Gasteiger partial charge in [0.1, 0.15) is 0 Å². The third-order valence-electron chi connectivity index (χ3n) is 3.19. The van der Waals surface area contributed by atoms with E-state index in [4.69, 9.17) is 0 Å². The van der Waals surface area contributed by atoms with Gasteiger partial charge in [0, 0.05) is 12.8 Å². The molecule has 0 spiro atoms. The molecule has 0 radical (unpaired) electrons. The average molecular weight is 428 g/mol. The lowest BCUT2D eigenvalue weighted by atomic mass is 10.3. The molecule has 0 aromatic heterocycles. The van der Waals surface area contributed by atoms with Crippen LogP contribution in [0.1, 0.15) is 26.7 Å². The zero-order chi connectivity index (χ0) is 14.7. The van der Waals surface area contributed by atoms with Gasteiger partial charge in [-0.3, -0.25) is 0 Å². The molecule has 0 aliphatic carbocycles. The van der Waals surface area contributed by atoms with Crippen LogP contribution in [0.3, 0.4) is 0 Å². The fourth-order valence-corrected chi connectivity index (χ4v) is 1.92. The molecule has 0 unspecified atom stereocenters. The van der Waals surface area contributed by atoms with Gasteiger partial charge in [0.25, 0.3) is 0 Å². The summed E-state index contributed by atoms with van der Waals surface area (Å²) < 4.78 is 0. The fraction of sp³-hybridized carbons (Fsp3) is 0.750. The first-order chi connectivity index (χ1) is 9.91. The number of hydrogen-bond acceptors (Lipinski definition) is 0. The molecule has 150 valence electrons. The van der Waals surface area contributed by atoms with Gasteiger partial charge in [-0.25, -0.2) is 0 Å². The number of rotatable bonds is 15. The summed E-state index contributed by atoms with van der Waals surface area (Å²) in [5.74, 6) is 0. The molecule has 0 rings (SSSR count). The van der Waals surface area contributed by atoms with E-state index < -0.39 is 0 Å². The molecule has 8 heteroatoms. The van der Waals surface area contributed by atoms with Crippen LogP contribution >= 0.6 is 0 Å². The molecule has 0 aliphatic rings. The van der Waals surface area contributed by atoms with E-state index in [1.807, 2.05) is 0 Å². The quantitative estimate of drug-likeness (QED) is 0.148. The Kier molecular flexibility index (Phi) is 51.5. The normalized spacial score (nSPS) is 9.92. The summed E-state index contributed by atoms with van der Waals surface area (Å²) in [6.07, 6.45) is 11.8. The molecule has 0 aromatic rings. The highest BCUT2D eigenvalue weighted by molar-refractivity contribution is 4.79. The molecule has 0 bridgehead atoms. The van der Waals surface area contributed by atoms with Crippen molar-refractivity contribution in [2.24, 2.45) is 0 Å². The van der Waals surface area contributed by atoms with Gasteiger partial charge in [0.2, 0.25) is 0 Å². The second-order valence-electron chi connectivity index (χ2n) is 5.14. The van der Waals surface area contributed by atoms with Crippen molar-refractivity contribution in [1.29, 1.82) is 0 Å². The molecule has 0 aliphatic heterocycles. The Hall–Kier alpha value is 0.480. The zero-order valence-corrected chi connectivity index (χ0v) is 18.2. The van der Waals surface area contributed by atoms with E-state index in [0.717, 1.165) is 26.2 Å². The summed E-state index contributed by atoms with van der Waals surface area (Å²) in [6, 6.07) is 0. The number of likely N-dealkylation sites (N-methyl/N-ethyl adjacent to an activating group) is 2. The number of unbranched alkanes of at least 4 members (excludes halogenated alkanes) is 1. The van der Waals surface area contributed by atoms with Gasteiger partial charge in [-0.15, -0.1) is 0 Å². The summed E-state index contributed by atoms with van der Waals surface area (Å²) in [7, 11) is 0. The number of hydrogen-bond donors (Lipinski definition) is 4. The average Bonchev–Trinajstić information content (AvgIpc) is 2.47. The van der Waals surface area contributed by atoms with Crippen LogP contribution in [0.2, 0.25) is 0 Å². The molecule has 0 fully saturated rings. The molecule has 0 heterocycles. The van der Waals surface area contributed by atoms with E-state index in [1.54, 1.807) is 0 Å². The highest BCUT2D eigenvalue weighted by Crippen LogP contribution is 1.77. The van der Waals surface area contributed by atoms with Crippen molar-refractivity contribution in [3.63, 3.8) is 0 Å². The van der Waals surface area contributed by atoms with Crippen LogP contribution in [0, 0.1) is 0 Å². The molecular formula is C16H38Cl4N4. The topological polar surface area (TPSA) is 66.4 Å². The van der Waals surface area contributed by atoms with Crippen LogP contribution in [0.5, 0.6) is 0 Å². The standard InChI is InChI=1S/C16H34N4.4ClH/c1-3-17-11-5-7-13-19-15-9-10-16-20-14-8-6-12-18-4-2;;;;/h5-8,17-20H,3-4,9-16H2,1-2H3;4*1H/b7-5-,8-6-;;;;. The van der Waals surface area contributed by atoms with Gasteiger partial charge in [0.05, 0.1) is 52.4 Å². The van der Waals surface area contributed by atoms with Gasteiger partial charge in [-0.05, 0) is 38.2 Å². The van der Waals surface area contributed by atoms with E-state index in [0.29, 0.717) is 0 Å². The highest BCUT2D eigenvalue weighted by atomic mass is 35.5. The maximum Gasteiger partial charge on any atom is 0.0944 e. The molecule has 0 aromatic carbocycles. The van der Waals surface area contributed by atoms with Gasteiger partial charge in [-0.1, -0.05) is 0 Å². The van der Waals surface area contributed by atoms with Crippen molar-refractivity contribution >= 4 is 0 Å². The number of halogens is 4. The van der Waals surface area contributed by atoms with Crippen LogP contribution in [-0.4, -0.2) is 52.4 Å². The first-order valence-electron chi connectivity index (χ1n) is 8.48. The molecule has 0 saturated carbocycles. The van der Waals surface area contributed by atoms with Crippen molar-refractivity contribution in [3.8, 4) is 0 Å². The summed E-state index contributed by atoms with van der Waals surface area (Å²) >= 11 is 0. The molecule has 0 saturated heterocycles. The molecule has 4 nitrogen and oxygen atoms in total. The van der Waals surface area contributed by atoms with Gasteiger partial charge in [-0.2, -0.15) is 0 Å². The maximum absolute atomic E-state index is 2.41. The Morgan fingerprint density at radius 2 is 0.792 bits per heavy atom. The highest BCUT2D eigenvalue weighted by Gasteiger charge is 1.92. The Morgan fingerprint density at radius 1 is 0.500 bits per heavy atom. The maximum atomic E-state index is 2.41. The summed E-state index contributed by atoms with van der Waals surface area (Å²) in [4.78, 5) is 0. The third-order valence-corrected chi connectivity index (χ3v) is 3.19. The third kappa shape index (κ3) is 33.9. The molecule has 24 heavy (non-hydrogen) atoms. The van der Waals surface area contributed by atoms with Crippen molar-refractivity contribution in [2.45, 2.75) is 26.7 Å². The first-order valence-corrected chi connectivity index (χ1v) is 8.48. The van der Waals surface area contributed by atoms with Gasteiger partial charge >= 0.3 is 0 Å². The predicted molar refractivity (Wildman–Crippen MR) is 85.5 cm³/mol. The van der Waals surface area contributed by atoms with E-state index >= 15 is 0 Å². The summed E-state index contributed by atoms with van der Waals surface area (Å²) in [5.41, 5.74) is 0. The largest absolute Gasteiger partial charge is 1.00 e. The van der Waals surface area contributed by atoms with Crippen molar-refractivity contribution < 1.29 is 70.9 Å². The Morgan fingerprint density at radius 3 is 1.08 bits per heavy atom. The van der Waals surface area contributed by atoms with Crippen LogP contribution in [0.4, 0.5) is 0 Å². The van der Waals surface area contributed by atoms with E-state index in [1.165, 1.54) is 39.0 Å². The van der Waals surface area contributed by atoms with Gasteiger partial charge in [0.15, 0.2) is 0 Å². The lowest BCUT2D eigenvalue weighted by Gasteiger charge is -1.99. The Balaban J connectivity index is -0.000000301. The predicted octanol–water partition coefficient (Wildman–Crippen LogP) is -14.8. The summed E-state index contributed by atoms with van der Waals surface area (Å²) in [6.45, 7) is 13.8. The smallest absolute Gasteiger partial charge is 0.0944 e. The molecule has 8 N–H and O–H groups in total. The van der Waals surface area contributed by atoms with Crippen molar-refractivity contribution in [2.75, 3.05) is 52.4 Å². The minimum absolute atomic E-state index is 0.